The number of aromatic amines is 1. The summed E-state index contributed by atoms with van der Waals surface area (Å²) in [6.07, 6.45) is 8.21. The van der Waals surface area contributed by atoms with Gasteiger partial charge in [-0.25, -0.2) is 0 Å². The zero-order valence-electron chi connectivity index (χ0n) is 10.7. The molecule has 4 heteroatoms. The number of hydrogen-bond acceptors (Lipinski definition) is 1. The van der Waals surface area contributed by atoms with Crippen LogP contribution in [0.4, 0.5) is 8.78 Å². The zero-order chi connectivity index (χ0) is 13.2. The van der Waals surface area contributed by atoms with Crippen LogP contribution in [0.25, 0.3) is 10.9 Å². The number of nitrogens with one attached hydrogen (secondary N) is 1. The molecule has 0 amide bonds. The highest BCUT2D eigenvalue weighted by Gasteiger charge is 2.19. The molecule has 0 aliphatic heterocycles. The molecular formula is C15H17F2NO. The monoisotopic (exact) mass is 265 g/mol. The molecule has 1 aromatic carbocycles. The van der Waals surface area contributed by atoms with Gasteiger partial charge in [0.1, 0.15) is 5.75 Å². The van der Waals surface area contributed by atoms with Crippen molar-refractivity contribution in [3.8, 4) is 5.75 Å². The third kappa shape index (κ3) is 2.57. The normalized spacial score (nSPS) is 17.2. The standard InChI is InChI=1S/C15H17F2NO/c16-15(17)19-11-6-7-14-12(8-11)13(9-18-14)10-4-2-1-3-5-10/h6-10,15,18H,1-5H2. The summed E-state index contributed by atoms with van der Waals surface area (Å²) in [5, 5.41) is 1.02. The lowest BCUT2D eigenvalue weighted by Crippen LogP contribution is -2.04. The molecule has 0 bridgehead atoms. The molecule has 1 aromatic heterocycles. The van der Waals surface area contributed by atoms with Crippen LogP contribution >= 0.6 is 0 Å². The molecule has 1 aliphatic rings. The van der Waals surface area contributed by atoms with Crippen molar-refractivity contribution in [2.24, 2.45) is 0 Å². The average Bonchev–Trinajstić information content (AvgIpc) is 2.82. The van der Waals surface area contributed by atoms with Crippen molar-refractivity contribution >= 4 is 10.9 Å². The first-order valence-electron chi connectivity index (χ1n) is 6.80. The minimum Gasteiger partial charge on any atom is -0.435 e. The Hall–Kier alpha value is -1.58. The van der Waals surface area contributed by atoms with E-state index < -0.39 is 6.61 Å². The van der Waals surface area contributed by atoms with E-state index in [4.69, 9.17) is 0 Å². The highest BCUT2D eigenvalue weighted by atomic mass is 19.3. The second-order valence-corrected chi connectivity index (χ2v) is 5.16. The Kier molecular flexibility index (Phi) is 3.40. The fourth-order valence-corrected chi connectivity index (χ4v) is 3.05. The Balaban J connectivity index is 1.95. The predicted molar refractivity (Wildman–Crippen MR) is 70.8 cm³/mol. The van der Waals surface area contributed by atoms with Crippen molar-refractivity contribution in [1.29, 1.82) is 0 Å². The van der Waals surface area contributed by atoms with Gasteiger partial charge in [0.2, 0.25) is 0 Å². The zero-order valence-corrected chi connectivity index (χ0v) is 10.7. The van der Waals surface area contributed by atoms with Crippen molar-refractivity contribution < 1.29 is 13.5 Å². The number of halogens is 2. The quantitative estimate of drug-likeness (QED) is 0.845. The Morgan fingerprint density at radius 1 is 1.16 bits per heavy atom. The molecule has 1 saturated carbocycles. The van der Waals surface area contributed by atoms with Gasteiger partial charge in [-0.1, -0.05) is 19.3 Å². The summed E-state index contributed by atoms with van der Waals surface area (Å²) in [4.78, 5) is 3.22. The highest BCUT2D eigenvalue weighted by Crippen LogP contribution is 2.37. The van der Waals surface area contributed by atoms with Crippen LogP contribution < -0.4 is 4.74 Å². The van der Waals surface area contributed by atoms with Crippen LogP contribution in [0.5, 0.6) is 5.75 Å². The van der Waals surface area contributed by atoms with Crippen LogP contribution in [0.3, 0.4) is 0 Å². The van der Waals surface area contributed by atoms with E-state index in [1.807, 2.05) is 6.20 Å². The van der Waals surface area contributed by atoms with E-state index in [-0.39, 0.29) is 5.75 Å². The van der Waals surface area contributed by atoms with E-state index in [0.717, 1.165) is 10.9 Å². The first-order valence-corrected chi connectivity index (χ1v) is 6.80. The molecular weight excluding hydrogens is 248 g/mol. The predicted octanol–water partition coefficient (Wildman–Crippen LogP) is 4.82. The van der Waals surface area contributed by atoms with Gasteiger partial charge in [0.15, 0.2) is 0 Å². The van der Waals surface area contributed by atoms with Crippen LogP contribution in [0, 0.1) is 0 Å². The van der Waals surface area contributed by atoms with Gasteiger partial charge < -0.3 is 9.72 Å². The third-order valence-electron chi connectivity index (χ3n) is 3.96. The summed E-state index contributed by atoms with van der Waals surface area (Å²) < 4.78 is 29.0. The Bertz CT molecular complexity index is 558. The number of fused-ring (bicyclic) bond motifs is 1. The van der Waals surface area contributed by atoms with Crippen LogP contribution in [0.15, 0.2) is 24.4 Å². The number of hydrogen-bond donors (Lipinski definition) is 1. The number of alkyl halides is 2. The fraction of sp³-hybridized carbons (Fsp3) is 0.467. The van der Waals surface area contributed by atoms with Crippen molar-refractivity contribution in [3.05, 3.63) is 30.0 Å². The Labute approximate surface area is 110 Å². The van der Waals surface area contributed by atoms with Gasteiger partial charge in [0, 0.05) is 17.1 Å². The van der Waals surface area contributed by atoms with Crippen LogP contribution in [0.2, 0.25) is 0 Å². The van der Waals surface area contributed by atoms with Crippen LogP contribution in [-0.2, 0) is 0 Å². The number of ether oxygens (including phenoxy) is 1. The summed E-state index contributed by atoms with van der Waals surface area (Å²) in [5.41, 5.74) is 2.23. The molecule has 1 aliphatic carbocycles. The molecule has 2 aromatic rings. The maximum atomic E-state index is 12.3. The largest absolute Gasteiger partial charge is 0.435 e. The van der Waals surface area contributed by atoms with Gasteiger partial charge in [0.05, 0.1) is 0 Å². The maximum Gasteiger partial charge on any atom is 0.387 e. The Morgan fingerprint density at radius 2 is 1.95 bits per heavy atom. The first kappa shape index (κ1) is 12.5. The molecule has 2 nitrogen and oxygen atoms in total. The first-order chi connectivity index (χ1) is 9.24. The maximum absolute atomic E-state index is 12.3. The molecule has 1 fully saturated rings. The van der Waals surface area contributed by atoms with E-state index in [9.17, 15) is 8.78 Å². The minimum absolute atomic E-state index is 0.235. The average molecular weight is 265 g/mol. The summed E-state index contributed by atoms with van der Waals surface area (Å²) in [5.74, 6) is 0.781. The van der Waals surface area contributed by atoms with Gasteiger partial charge in [-0.2, -0.15) is 8.78 Å². The van der Waals surface area contributed by atoms with Gasteiger partial charge in [-0.15, -0.1) is 0 Å². The highest BCUT2D eigenvalue weighted by molar-refractivity contribution is 5.85. The lowest BCUT2D eigenvalue weighted by Gasteiger charge is -2.21. The fourth-order valence-electron chi connectivity index (χ4n) is 3.05. The number of benzene rings is 1. The molecule has 19 heavy (non-hydrogen) atoms. The number of rotatable bonds is 3. The van der Waals surface area contributed by atoms with Gasteiger partial charge in [-0.3, -0.25) is 0 Å². The lowest BCUT2D eigenvalue weighted by molar-refractivity contribution is -0.0497. The Morgan fingerprint density at radius 3 is 2.68 bits per heavy atom. The molecule has 1 N–H and O–H groups in total. The van der Waals surface area contributed by atoms with Crippen molar-refractivity contribution in [1.82, 2.24) is 4.98 Å². The molecule has 102 valence electrons. The van der Waals surface area contributed by atoms with Gasteiger partial charge >= 0.3 is 6.61 Å². The van der Waals surface area contributed by atoms with Gasteiger partial charge in [-0.05, 0) is 42.5 Å². The van der Waals surface area contributed by atoms with E-state index in [2.05, 4.69) is 9.72 Å². The number of H-pyrrole nitrogens is 1. The summed E-state index contributed by atoms with van der Waals surface area (Å²) in [6, 6.07) is 5.11. The smallest absolute Gasteiger partial charge is 0.387 e. The van der Waals surface area contributed by atoms with E-state index in [1.54, 1.807) is 18.2 Å². The van der Waals surface area contributed by atoms with E-state index >= 15 is 0 Å². The number of aromatic nitrogens is 1. The summed E-state index contributed by atoms with van der Waals surface area (Å²) in [7, 11) is 0. The van der Waals surface area contributed by atoms with E-state index in [0.29, 0.717) is 5.92 Å². The summed E-state index contributed by atoms with van der Waals surface area (Å²) >= 11 is 0. The van der Waals surface area contributed by atoms with Crippen LogP contribution in [-0.4, -0.2) is 11.6 Å². The molecule has 0 spiro atoms. The summed E-state index contributed by atoms with van der Waals surface area (Å²) in [6.45, 7) is -2.77. The molecule has 0 saturated heterocycles. The molecule has 0 atom stereocenters. The van der Waals surface area contributed by atoms with Gasteiger partial charge in [0.25, 0.3) is 0 Å². The topological polar surface area (TPSA) is 25.0 Å². The minimum atomic E-state index is -2.77. The van der Waals surface area contributed by atoms with E-state index in [1.165, 1.54) is 37.7 Å². The molecule has 3 rings (SSSR count). The van der Waals surface area contributed by atoms with Crippen molar-refractivity contribution in [3.63, 3.8) is 0 Å². The van der Waals surface area contributed by atoms with Crippen molar-refractivity contribution in [2.75, 3.05) is 0 Å². The second kappa shape index (κ2) is 5.19. The third-order valence-corrected chi connectivity index (χ3v) is 3.96. The molecule has 1 heterocycles. The van der Waals surface area contributed by atoms with Crippen molar-refractivity contribution in [2.45, 2.75) is 44.6 Å². The molecule has 0 unspecified atom stereocenters. The second-order valence-electron chi connectivity index (χ2n) is 5.16. The van der Waals surface area contributed by atoms with Crippen LogP contribution in [0.1, 0.15) is 43.6 Å². The molecule has 0 radical (unpaired) electrons. The lowest BCUT2D eigenvalue weighted by atomic mass is 9.84. The SMILES string of the molecule is FC(F)Oc1ccc2[nH]cc(C3CCCCC3)c2c1.